The monoisotopic (exact) mass is 278 g/mol. The normalized spacial score (nSPS) is 15.3. The van der Waals surface area contributed by atoms with Crippen LogP contribution in [0.3, 0.4) is 0 Å². The maximum absolute atomic E-state index is 12.4. The second kappa shape index (κ2) is 4.15. The molecule has 0 atom stereocenters. The first kappa shape index (κ1) is 15.7. The minimum absolute atomic E-state index is 1.76. The van der Waals surface area contributed by atoms with Crippen LogP contribution in [0.15, 0.2) is 0 Å². The Morgan fingerprint density at radius 1 is 0.938 bits per heavy atom. The summed E-state index contributed by atoms with van der Waals surface area (Å²) in [6, 6.07) is 0. The van der Waals surface area contributed by atoms with Crippen LogP contribution in [0.25, 0.3) is 0 Å². The van der Waals surface area contributed by atoms with Crippen molar-refractivity contribution in [3.63, 3.8) is 0 Å². The van der Waals surface area contributed by atoms with Gasteiger partial charge in [-0.05, 0) is 0 Å². The third kappa shape index (κ3) is 3.60. The minimum Gasteiger partial charge on any atom is -0.324 e. The van der Waals surface area contributed by atoms with Crippen LogP contribution in [-0.2, 0) is 4.57 Å². The number of halogens is 7. The van der Waals surface area contributed by atoms with Gasteiger partial charge < -0.3 is 9.79 Å². The van der Waals surface area contributed by atoms with E-state index in [0.717, 1.165) is 0 Å². The van der Waals surface area contributed by atoms with Crippen LogP contribution in [0.1, 0.15) is 6.42 Å². The highest BCUT2D eigenvalue weighted by Crippen LogP contribution is 2.50. The molecule has 2 N–H and O–H groups in total. The third-order valence-electron chi connectivity index (χ3n) is 1.53. The zero-order valence-corrected chi connectivity index (χ0v) is 8.20. The third-order valence-corrected chi connectivity index (χ3v) is 2.34. The molecule has 0 amide bonds. The first-order chi connectivity index (χ1) is 6.71. The highest BCUT2D eigenvalue weighted by molar-refractivity contribution is 7.51. The molecule has 0 rings (SSSR count). The molecule has 0 saturated heterocycles. The summed E-state index contributed by atoms with van der Waals surface area (Å²) in [6.45, 7) is 0. The average molecular weight is 278 g/mol. The molecular weight excluding hydrogens is 272 g/mol. The quantitative estimate of drug-likeness (QED) is 0.613. The first-order valence-electron chi connectivity index (χ1n) is 3.58. The Hall–Kier alpha value is -0.340. The van der Waals surface area contributed by atoms with Gasteiger partial charge in [0.15, 0.2) is 0 Å². The predicted octanol–water partition coefficient (Wildman–Crippen LogP) is 2.39. The smallest absolute Gasteiger partial charge is 0.324 e. The van der Waals surface area contributed by atoms with Crippen LogP contribution in [0.2, 0.25) is 0 Å². The van der Waals surface area contributed by atoms with Crippen molar-refractivity contribution in [2.75, 3.05) is 6.16 Å². The largest absolute Gasteiger partial charge is 0.459 e. The van der Waals surface area contributed by atoms with E-state index in [9.17, 15) is 35.3 Å². The van der Waals surface area contributed by atoms with Gasteiger partial charge in [0.25, 0.3) is 0 Å². The summed E-state index contributed by atoms with van der Waals surface area (Å²) in [4.78, 5) is 16.2. The molecule has 11 heteroatoms. The lowest BCUT2D eigenvalue weighted by Gasteiger charge is -2.28. The van der Waals surface area contributed by atoms with Gasteiger partial charge in [0, 0.05) is 6.42 Å². The van der Waals surface area contributed by atoms with Crippen molar-refractivity contribution in [2.24, 2.45) is 0 Å². The Balaban J connectivity index is 4.86. The first-order valence-corrected chi connectivity index (χ1v) is 5.37. The SMILES string of the molecule is O=P(O)(O)CCC(F)(F)C(F)(F)C(F)(F)F. The summed E-state index contributed by atoms with van der Waals surface area (Å²) >= 11 is 0. The van der Waals surface area contributed by atoms with Crippen LogP contribution in [0, 0.1) is 0 Å². The van der Waals surface area contributed by atoms with E-state index < -0.39 is 38.2 Å². The fraction of sp³-hybridized carbons (Fsp3) is 1.00. The summed E-state index contributed by atoms with van der Waals surface area (Å²) < 4.78 is 93.8. The number of alkyl halides is 7. The van der Waals surface area contributed by atoms with Crippen LogP contribution >= 0.6 is 7.60 Å². The van der Waals surface area contributed by atoms with E-state index in [1.54, 1.807) is 0 Å². The zero-order chi connectivity index (χ0) is 13.4. The fourth-order valence-corrected chi connectivity index (χ4v) is 1.22. The second-order valence-electron chi connectivity index (χ2n) is 2.91. The van der Waals surface area contributed by atoms with E-state index in [1.807, 2.05) is 0 Å². The molecule has 0 aromatic carbocycles. The predicted molar refractivity (Wildman–Crippen MR) is 37.5 cm³/mol. The van der Waals surface area contributed by atoms with E-state index in [4.69, 9.17) is 9.79 Å². The standard InChI is InChI=1S/C5H6F7O3P/c6-3(7,1-2-16(13,14)15)4(8,9)5(10,11)12/h1-2H2,(H2,13,14,15). The molecule has 0 aliphatic carbocycles. The average Bonchev–Trinajstić information content (AvgIpc) is 1.97. The molecule has 98 valence electrons. The Kier molecular flexibility index (Phi) is 4.07. The molecule has 0 radical (unpaired) electrons. The van der Waals surface area contributed by atoms with E-state index in [0.29, 0.717) is 0 Å². The van der Waals surface area contributed by atoms with Gasteiger partial charge in [0.2, 0.25) is 0 Å². The van der Waals surface area contributed by atoms with Gasteiger partial charge in [0.05, 0.1) is 6.16 Å². The van der Waals surface area contributed by atoms with Crippen LogP contribution in [0.4, 0.5) is 30.7 Å². The summed E-state index contributed by atoms with van der Waals surface area (Å²) in [5.41, 5.74) is 0. The van der Waals surface area contributed by atoms with Crippen LogP contribution in [-0.4, -0.2) is 34.0 Å². The lowest BCUT2D eigenvalue weighted by Crippen LogP contribution is -2.52. The minimum atomic E-state index is -6.48. The topological polar surface area (TPSA) is 57.5 Å². The van der Waals surface area contributed by atoms with Crippen molar-refractivity contribution < 1.29 is 45.1 Å². The van der Waals surface area contributed by atoms with E-state index in [2.05, 4.69) is 0 Å². The van der Waals surface area contributed by atoms with Crippen molar-refractivity contribution in [1.82, 2.24) is 0 Å². The maximum Gasteiger partial charge on any atom is 0.459 e. The molecule has 16 heavy (non-hydrogen) atoms. The van der Waals surface area contributed by atoms with Gasteiger partial charge in [-0.25, -0.2) is 0 Å². The maximum atomic E-state index is 12.4. The number of hydrogen-bond donors (Lipinski definition) is 2. The Labute approximate surface area is 84.4 Å². The van der Waals surface area contributed by atoms with Gasteiger partial charge in [-0.3, -0.25) is 4.57 Å². The molecule has 0 bridgehead atoms. The van der Waals surface area contributed by atoms with Crippen LogP contribution in [0.5, 0.6) is 0 Å². The molecule has 3 nitrogen and oxygen atoms in total. The summed E-state index contributed by atoms with van der Waals surface area (Å²) in [5, 5.41) is 0. The van der Waals surface area contributed by atoms with Crippen molar-refractivity contribution in [3.8, 4) is 0 Å². The van der Waals surface area contributed by atoms with Crippen molar-refractivity contribution in [2.45, 2.75) is 24.4 Å². The van der Waals surface area contributed by atoms with Crippen molar-refractivity contribution in [1.29, 1.82) is 0 Å². The molecule has 0 unspecified atom stereocenters. The lowest BCUT2D eigenvalue weighted by molar-refractivity contribution is -0.354. The Bertz CT molecular complexity index is 293. The Morgan fingerprint density at radius 3 is 1.56 bits per heavy atom. The Morgan fingerprint density at radius 2 is 1.31 bits per heavy atom. The molecule has 0 heterocycles. The highest BCUT2D eigenvalue weighted by Gasteiger charge is 2.72. The number of rotatable bonds is 4. The van der Waals surface area contributed by atoms with E-state index in [1.165, 1.54) is 0 Å². The zero-order valence-electron chi connectivity index (χ0n) is 7.31. The van der Waals surface area contributed by atoms with Gasteiger partial charge in [-0.15, -0.1) is 0 Å². The lowest BCUT2D eigenvalue weighted by atomic mass is 10.1. The van der Waals surface area contributed by atoms with E-state index >= 15 is 0 Å². The fourth-order valence-electron chi connectivity index (χ4n) is 0.650. The van der Waals surface area contributed by atoms with Gasteiger partial charge in [-0.1, -0.05) is 0 Å². The molecule has 0 aromatic heterocycles. The summed E-state index contributed by atoms with van der Waals surface area (Å²) in [6.07, 6.45) is -10.5. The molecular formula is C5H6F7O3P. The molecule has 0 spiro atoms. The van der Waals surface area contributed by atoms with Gasteiger partial charge in [0.1, 0.15) is 0 Å². The van der Waals surface area contributed by atoms with Crippen molar-refractivity contribution in [3.05, 3.63) is 0 Å². The molecule has 0 saturated carbocycles. The molecule has 0 aliphatic heterocycles. The van der Waals surface area contributed by atoms with Gasteiger partial charge in [-0.2, -0.15) is 30.7 Å². The number of hydrogen-bond acceptors (Lipinski definition) is 1. The molecule has 0 aromatic rings. The van der Waals surface area contributed by atoms with Crippen LogP contribution < -0.4 is 0 Å². The molecule has 0 aliphatic rings. The molecule has 0 fully saturated rings. The summed E-state index contributed by atoms with van der Waals surface area (Å²) in [5.74, 6) is -11.9. The van der Waals surface area contributed by atoms with E-state index in [-0.39, 0.29) is 0 Å². The van der Waals surface area contributed by atoms with Gasteiger partial charge >= 0.3 is 25.6 Å². The highest BCUT2D eigenvalue weighted by atomic mass is 31.2. The summed E-state index contributed by atoms with van der Waals surface area (Å²) in [7, 11) is -5.06. The second-order valence-corrected chi connectivity index (χ2v) is 4.69. The van der Waals surface area contributed by atoms with Crippen molar-refractivity contribution >= 4 is 7.60 Å².